The van der Waals surface area contributed by atoms with Crippen LogP contribution >= 0.6 is 177 Å². The molecule has 10 aromatic carbocycles. The highest BCUT2D eigenvalue weighted by Gasteiger charge is 2.34. The zero-order valence-corrected chi connectivity index (χ0v) is 86.5. The highest BCUT2D eigenvalue weighted by Crippen LogP contribution is 3.22. The molecule has 0 saturated carbocycles. The Morgan fingerprint density at radius 3 is 0.764 bits per heavy atom. The molecule has 25 heteroatoms. The van der Waals surface area contributed by atoms with E-state index in [0.29, 0.717) is 0 Å². The highest BCUT2D eigenvalue weighted by molar-refractivity contribution is 9.28. The smallest absolute Gasteiger partial charge is 0.143 e. The van der Waals surface area contributed by atoms with E-state index in [2.05, 4.69) is 437 Å². The number of nitrogens with zero attached hydrogens (tertiary/aromatic N) is 2. The van der Waals surface area contributed by atoms with Gasteiger partial charge in [0.1, 0.15) is 23.0 Å². The average molecular weight is 1910 g/mol. The molecule has 2 aliphatic heterocycles. The summed E-state index contributed by atoms with van der Waals surface area (Å²) < 4.78 is 14.8. The van der Waals surface area contributed by atoms with E-state index in [1.54, 1.807) is 23.5 Å². The van der Waals surface area contributed by atoms with Gasteiger partial charge >= 0.3 is 0 Å². The second kappa shape index (κ2) is 41.5. The molecule has 10 aromatic rings. The van der Waals surface area contributed by atoms with Gasteiger partial charge in [-0.2, -0.15) is 0 Å². The molecule has 2 heterocycles. The lowest BCUT2D eigenvalue weighted by atomic mass is 9.86. The van der Waals surface area contributed by atoms with Crippen molar-refractivity contribution in [2.24, 2.45) is 0 Å². The minimum atomic E-state index is 0. The molecule has 0 amide bonds. The van der Waals surface area contributed by atoms with Crippen LogP contribution in [0.3, 0.4) is 0 Å². The number of anilines is 8. The molecule has 4 N–H and O–H groups in total. The van der Waals surface area contributed by atoms with Crippen molar-refractivity contribution in [2.45, 2.75) is 184 Å². The number of rotatable bonds is 14. The molecule has 0 bridgehead atoms. The quantitative estimate of drug-likeness (QED) is 0.104. The maximum atomic E-state index is 6.88. The second-order valence-electron chi connectivity index (χ2n) is 32.6. The maximum absolute atomic E-state index is 6.88. The molecular formula is C85H115Br2N4O2P15S2. The van der Waals surface area contributed by atoms with E-state index in [1.807, 2.05) is 24.3 Å². The van der Waals surface area contributed by atoms with Crippen molar-refractivity contribution in [3.63, 3.8) is 0 Å². The minimum Gasteiger partial charge on any atom is -0.455 e. The first kappa shape index (κ1) is 96.4. The lowest BCUT2D eigenvalue weighted by molar-refractivity contribution is 0.453. The molecule has 2 aliphatic rings. The molecule has 0 aromatic heterocycles. The monoisotopic (exact) mass is 1910 g/mol. The molecule has 588 valence electrons. The number of fused-ring (bicyclic) bond motifs is 4. The van der Waals surface area contributed by atoms with Crippen molar-refractivity contribution in [1.82, 2.24) is 6.15 Å². The Morgan fingerprint density at radius 1 is 0.318 bits per heavy atom. The van der Waals surface area contributed by atoms with Crippen LogP contribution in [0, 0.1) is 0 Å². The van der Waals surface area contributed by atoms with Gasteiger partial charge in [0.2, 0.25) is 0 Å². The lowest BCUT2D eigenvalue weighted by Crippen LogP contribution is -2.15. The standard InChI is InChI=1S/C52H58N2OS.C20H27N.C12H6Br2OS.CH4.H3N.H17P15/c1-49(2,3)35-13-21-39(22-14-35)53(40-23-15-36(16-24-40)50(4,5)6)43-29-31-47-45(33-43)55-46-34-44(30-32-48(46)56-47)54(41-25-17-37(18-26-41)51(7,8)9)42-27-19-38(20-28-42)52(10,11)12;1-19(2,3)15-7-11-17(12-8-15)21-18-13-9-16(10-14-18)20(4,5)6;13-7-1-3-11-9(5-7)15-10-6-8(14)2-4-12(10)16-11;;;1-9-13(8)15(12(6)7)14(10(2)3)11(4)5/h13-34H,1-12H3;7-14,21H,1-6H3;1-6H;1H4;1H3;9H,1-8H2. The number of ether oxygens (including phenoxy) is 2. The molecule has 11 unspecified atom stereocenters. The predicted molar refractivity (Wildman–Crippen MR) is 547 cm³/mol. The third-order valence-corrected chi connectivity index (χ3v) is 110. The zero-order chi connectivity index (χ0) is 79.2. The first-order valence-electron chi connectivity index (χ1n) is 35.6. The van der Waals surface area contributed by atoms with E-state index in [0.717, 1.165) is 105 Å². The van der Waals surface area contributed by atoms with Gasteiger partial charge in [-0.1, -0.05) is 268 Å². The van der Waals surface area contributed by atoms with Gasteiger partial charge < -0.3 is 30.7 Å². The van der Waals surface area contributed by atoms with Crippen molar-refractivity contribution in [3.8, 4) is 23.0 Å². The Kier molecular flexibility index (Phi) is 36.4. The predicted octanol–water partition coefficient (Wildman–Crippen LogP) is 36.7. The fraction of sp³-hybridized carbons (Fsp3) is 0.294. The molecule has 0 saturated heterocycles. The zero-order valence-electron chi connectivity index (χ0n) is 66.1. The van der Waals surface area contributed by atoms with Gasteiger partial charge in [-0.15, -0.1) is 71.4 Å². The minimum absolute atomic E-state index is 0. The summed E-state index contributed by atoms with van der Waals surface area (Å²) in [6, 6.07) is 78.8. The first-order chi connectivity index (χ1) is 50.5. The largest absolute Gasteiger partial charge is 0.455 e. The van der Waals surface area contributed by atoms with Crippen molar-refractivity contribution in [2.75, 3.05) is 15.1 Å². The van der Waals surface area contributed by atoms with Gasteiger partial charge in [0.05, 0.1) is 19.6 Å². The lowest BCUT2D eigenvalue weighted by Gasteiger charge is -2.38. The summed E-state index contributed by atoms with van der Waals surface area (Å²) in [4.78, 5) is 9.18. The van der Waals surface area contributed by atoms with Gasteiger partial charge in [0.15, 0.2) is 0 Å². The summed E-state index contributed by atoms with van der Waals surface area (Å²) in [5, 5.41) is 3.46. The van der Waals surface area contributed by atoms with Crippen molar-refractivity contribution < 1.29 is 9.47 Å². The van der Waals surface area contributed by atoms with Gasteiger partial charge in [-0.05, 0) is 241 Å². The number of nitrogens with one attached hydrogen (secondary N) is 1. The van der Waals surface area contributed by atoms with Gasteiger partial charge in [0, 0.05) is 66.6 Å². The molecular weight excluding hydrogens is 1800 g/mol. The van der Waals surface area contributed by atoms with E-state index in [1.165, 1.54) is 33.4 Å². The normalized spacial score (nSPS) is 13.2. The van der Waals surface area contributed by atoms with Crippen molar-refractivity contribution in [3.05, 3.63) is 261 Å². The molecule has 6 nitrogen and oxygen atoms in total. The molecule has 0 aliphatic carbocycles. The highest BCUT2D eigenvalue weighted by atomic mass is 79.9. The average Bonchev–Trinajstić information content (AvgIpc) is 0.768. The Hall–Kier alpha value is -0.730. The van der Waals surface area contributed by atoms with Crippen LogP contribution in [0.25, 0.3) is 0 Å². The molecule has 0 radical (unpaired) electrons. The molecule has 12 rings (SSSR count). The molecule has 11 atom stereocenters. The molecule has 0 spiro atoms. The van der Waals surface area contributed by atoms with E-state index in [9.17, 15) is 0 Å². The molecule has 110 heavy (non-hydrogen) atoms. The van der Waals surface area contributed by atoms with Crippen molar-refractivity contribution >= 4 is 222 Å². The van der Waals surface area contributed by atoms with Crippen LogP contribution in [0.2, 0.25) is 0 Å². The third kappa shape index (κ3) is 26.6. The summed E-state index contributed by atoms with van der Waals surface area (Å²) in [7, 11) is 25.6. The maximum Gasteiger partial charge on any atom is 0.143 e. The van der Waals surface area contributed by atoms with Gasteiger partial charge in [-0.3, -0.25) is 0 Å². The Balaban J connectivity index is 0.000000251. The Morgan fingerprint density at radius 2 is 0.536 bits per heavy atom. The van der Waals surface area contributed by atoms with Crippen LogP contribution in [-0.2, 0) is 32.5 Å². The van der Waals surface area contributed by atoms with E-state index >= 15 is 0 Å². The number of benzene rings is 10. The summed E-state index contributed by atoms with van der Waals surface area (Å²) in [5.41, 5.74) is 17.5. The Bertz CT molecular complexity index is 4250. The summed E-state index contributed by atoms with van der Waals surface area (Å²) in [6.07, 6.45) is 0. The SMILES string of the molecule is Brc1ccc2c(c1)Oc1cc(Br)ccc1S2.C.CC(C)(C)c1ccc(N(c2ccc(C(C)(C)C)cc2)c2ccc3c(c2)Oc2cc(N(c4ccc(C(C)(C)C)cc4)c4ccc(C(C)(C)C)cc4)ccc2S3)cc1.CC(C)(C)c1ccc(Nc2ccc(C(C)(C)C)cc2)cc1.N.PPP(P)P(P(P)P)P(P(P)P)P(P)P. The summed E-state index contributed by atoms with van der Waals surface area (Å²) in [6.45, 7) is 41.4. The number of hydrogen-bond acceptors (Lipinski definition) is 8. The third-order valence-electron chi connectivity index (χ3n) is 17.9. The summed E-state index contributed by atoms with van der Waals surface area (Å²) >= 11 is 10.4. The first-order valence-corrected chi connectivity index (χ1v) is 65.3. The summed E-state index contributed by atoms with van der Waals surface area (Å²) in [5.74, 6) is 3.53. The molecule has 0 fully saturated rings. The van der Waals surface area contributed by atoms with Crippen LogP contribution in [0.4, 0.5) is 45.5 Å². The van der Waals surface area contributed by atoms with E-state index in [-0.39, 0.29) is 88.0 Å². The van der Waals surface area contributed by atoms with Crippen LogP contribution < -0.4 is 30.7 Å². The number of hydrogen-bond donors (Lipinski definition) is 2. The topological polar surface area (TPSA) is 72.0 Å². The Labute approximate surface area is 714 Å². The van der Waals surface area contributed by atoms with Crippen LogP contribution in [0.15, 0.2) is 247 Å². The van der Waals surface area contributed by atoms with Crippen molar-refractivity contribution in [1.29, 1.82) is 0 Å². The second-order valence-corrected chi connectivity index (χ2v) is 92.5. The van der Waals surface area contributed by atoms with Crippen LogP contribution in [0.5, 0.6) is 23.0 Å². The van der Waals surface area contributed by atoms with E-state index < -0.39 is 0 Å². The van der Waals surface area contributed by atoms with Gasteiger partial charge in [-0.25, -0.2) is 0 Å². The number of halogens is 2. The van der Waals surface area contributed by atoms with Gasteiger partial charge in [0.25, 0.3) is 0 Å². The van der Waals surface area contributed by atoms with Crippen LogP contribution in [0.1, 0.15) is 165 Å². The van der Waals surface area contributed by atoms with E-state index in [4.69, 9.17) is 9.47 Å². The fourth-order valence-corrected chi connectivity index (χ4v) is 170. The fourth-order valence-electron chi connectivity index (χ4n) is 11.6. The van der Waals surface area contributed by atoms with Crippen LogP contribution in [-0.4, -0.2) is 0 Å².